The average molecular weight is 401 g/mol. The van der Waals surface area contributed by atoms with Crippen LogP contribution in [0.5, 0.6) is 0 Å². The van der Waals surface area contributed by atoms with Crippen molar-refractivity contribution in [3.05, 3.63) is 65.5 Å². The molecule has 0 bridgehead atoms. The molecule has 0 N–H and O–H groups in total. The molecule has 0 aliphatic carbocycles. The van der Waals surface area contributed by atoms with Gasteiger partial charge in [0.25, 0.3) is 0 Å². The summed E-state index contributed by atoms with van der Waals surface area (Å²) in [5.41, 5.74) is 2.28. The van der Waals surface area contributed by atoms with E-state index in [1.54, 1.807) is 6.07 Å². The average Bonchev–Trinajstić information content (AvgIpc) is 2.91. The van der Waals surface area contributed by atoms with Gasteiger partial charge in [0.2, 0.25) is 0 Å². The molecule has 5 rings (SSSR count). The first-order valence-electron chi connectivity index (χ1n) is 10.5. The molecule has 3 aliphatic rings. The first kappa shape index (κ1) is 19.0. The van der Waals surface area contributed by atoms with Gasteiger partial charge in [0, 0.05) is 37.1 Å². The molecule has 0 aromatic heterocycles. The maximum absolute atomic E-state index is 13.6. The molecule has 3 aliphatic heterocycles. The van der Waals surface area contributed by atoms with E-state index in [1.165, 1.54) is 12.1 Å². The van der Waals surface area contributed by atoms with Gasteiger partial charge in [-0.1, -0.05) is 36.1 Å². The smallest absolute Gasteiger partial charge is 0.154 e. The fourth-order valence-corrected chi connectivity index (χ4v) is 5.01. The highest BCUT2D eigenvalue weighted by atomic mass is 19.1. The third-order valence-corrected chi connectivity index (χ3v) is 6.75. The number of likely N-dealkylation sites (tertiary alicyclic amines) is 1. The summed E-state index contributed by atoms with van der Waals surface area (Å²) in [4.78, 5) is 22.2. The van der Waals surface area contributed by atoms with Gasteiger partial charge in [-0.15, -0.1) is 0 Å². The van der Waals surface area contributed by atoms with Crippen molar-refractivity contribution < 1.29 is 9.18 Å². The van der Waals surface area contributed by atoms with E-state index in [-0.39, 0.29) is 17.4 Å². The maximum atomic E-state index is 13.6. The first-order chi connectivity index (χ1) is 14.6. The molecule has 30 heavy (non-hydrogen) atoms. The van der Waals surface area contributed by atoms with Gasteiger partial charge in [-0.05, 0) is 44.2 Å². The third kappa shape index (κ3) is 3.12. The minimum Gasteiger partial charge on any atom is -0.342 e. The number of likely N-dealkylation sites (N-methyl/N-ethyl adjacent to an activating group) is 1. The lowest BCUT2D eigenvalue weighted by atomic mass is 9.87. The van der Waals surface area contributed by atoms with E-state index in [0.717, 1.165) is 49.4 Å². The Morgan fingerprint density at radius 2 is 1.97 bits per heavy atom. The number of hydrogen-bond donors (Lipinski definition) is 0. The van der Waals surface area contributed by atoms with Gasteiger partial charge in [0.15, 0.2) is 5.78 Å². The van der Waals surface area contributed by atoms with Crippen LogP contribution in [0, 0.1) is 17.7 Å². The predicted octanol–water partition coefficient (Wildman–Crippen LogP) is 4.09. The number of hydrogen-bond acceptors (Lipinski definition) is 4. The molecular weight excluding hydrogens is 377 g/mol. The van der Waals surface area contributed by atoms with Gasteiger partial charge in [0.1, 0.15) is 17.7 Å². The molecule has 2 fully saturated rings. The molecule has 152 valence electrons. The maximum Gasteiger partial charge on any atom is 0.154 e. The summed E-state index contributed by atoms with van der Waals surface area (Å²) in [5.74, 6) is 7.61. The molecule has 2 unspecified atom stereocenters. The van der Waals surface area contributed by atoms with E-state index in [4.69, 9.17) is 4.99 Å². The van der Waals surface area contributed by atoms with Crippen LogP contribution in [0.3, 0.4) is 0 Å². The minimum absolute atomic E-state index is 0.158. The standard InChI is InChI=1S/C25H24FN3O/c1-28-15-12-23(30)25(28)13-11-24-27-21-8-3-2-7-20(21)22(29(24)16-14-25)10-9-18-5-4-6-19(26)17-18/h2-8,17,22H,11-16H2,1H3. The van der Waals surface area contributed by atoms with E-state index < -0.39 is 0 Å². The zero-order valence-electron chi connectivity index (χ0n) is 17.1. The van der Waals surface area contributed by atoms with E-state index in [9.17, 15) is 9.18 Å². The monoisotopic (exact) mass is 401 g/mol. The molecule has 2 saturated heterocycles. The Bertz CT molecular complexity index is 1100. The lowest BCUT2D eigenvalue weighted by Crippen LogP contribution is -2.47. The highest BCUT2D eigenvalue weighted by Gasteiger charge is 2.48. The fraction of sp³-hybridized carbons (Fsp3) is 0.360. The van der Waals surface area contributed by atoms with Gasteiger partial charge < -0.3 is 4.90 Å². The van der Waals surface area contributed by atoms with Crippen LogP contribution in [0.2, 0.25) is 0 Å². The number of nitrogens with zero attached hydrogens (tertiary/aromatic N) is 3. The zero-order valence-corrected chi connectivity index (χ0v) is 17.1. The van der Waals surface area contributed by atoms with Gasteiger partial charge >= 0.3 is 0 Å². The Morgan fingerprint density at radius 3 is 2.77 bits per heavy atom. The number of aliphatic imine (C=N–C) groups is 1. The Morgan fingerprint density at radius 1 is 1.10 bits per heavy atom. The molecule has 2 aromatic carbocycles. The van der Waals surface area contributed by atoms with Crippen molar-refractivity contribution >= 4 is 17.3 Å². The topological polar surface area (TPSA) is 35.9 Å². The molecule has 2 aromatic rings. The Hall–Kier alpha value is -2.97. The van der Waals surface area contributed by atoms with Crippen LogP contribution in [0.25, 0.3) is 0 Å². The van der Waals surface area contributed by atoms with Gasteiger partial charge in [-0.2, -0.15) is 0 Å². The number of fused-ring (bicyclic) bond motifs is 2. The summed E-state index contributed by atoms with van der Waals surface area (Å²) in [6.07, 6.45) is 2.96. The number of amidine groups is 1. The lowest BCUT2D eigenvalue weighted by Gasteiger charge is -2.35. The van der Waals surface area contributed by atoms with E-state index in [1.807, 2.05) is 24.3 Å². The van der Waals surface area contributed by atoms with Crippen LogP contribution in [0.1, 0.15) is 42.9 Å². The quantitative estimate of drug-likeness (QED) is 0.624. The van der Waals surface area contributed by atoms with Crippen molar-refractivity contribution in [2.24, 2.45) is 4.99 Å². The molecule has 0 amide bonds. The van der Waals surface area contributed by atoms with E-state index in [0.29, 0.717) is 17.8 Å². The number of carbonyl (C=O) groups excluding carboxylic acids is 1. The Balaban J connectivity index is 1.53. The number of carbonyl (C=O) groups is 1. The Kier molecular flexibility index (Phi) is 4.67. The second-order valence-corrected chi connectivity index (χ2v) is 8.34. The summed E-state index contributed by atoms with van der Waals surface area (Å²) in [6, 6.07) is 14.3. The van der Waals surface area contributed by atoms with E-state index >= 15 is 0 Å². The molecule has 0 saturated carbocycles. The summed E-state index contributed by atoms with van der Waals surface area (Å²) in [5, 5.41) is 0. The van der Waals surface area contributed by atoms with Crippen LogP contribution in [0.4, 0.5) is 10.1 Å². The summed E-state index contributed by atoms with van der Waals surface area (Å²) >= 11 is 0. The highest BCUT2D eigenvalue weighted by molar-refractivity contribution is 5.94. The second kappa shape index (κ2) is 7.37. The molecular formula is C25H24FN3O. The van der Waals surface area contributed by atoms with Crippen molar-refractivity contribution in [3.8, 4) is 11.8 Å². The number of benzene rings is 2. The predicted molar refractivity (Wildman–Crippen MR) is 115 cm³/mol. The van der Waals surface area contributed by atoms with Crippen LogP contribution >= 0.6 is 0 Å². The number of ketones is 1. The number of rotatable bonds is 0. The molecule has 3 heterocycles. The summed E-state index contributed by atoms with van der Waals surface area (Å²) in [7, 11) is 2.06. The SMILES string of the molecule is CN1CCC(=O)C12CCC1=Nc3ccccc3C(C#Cc3cccc(F)c3)N1CC2. The summed E-state index contributed by atoms with van der Waals surface area (Å²) in [6.45, 7) is 1.56. The van der Waals surface area contributed by atoms with Crippen molar-refractivity contribution in [1.29, 1.82) is 0 Å². The zero-order chi connectivity index (χ0) is 20.7. The minimum atomic E-state index is -0.382. The van der Waals surface area contributed by atoms with Crippen molar-refractivity contribution in [1.82, 2.24) is 9.80 Å². The van der Waals surface area contributed by atoms with Gasteiger partial charge in [0.05, 0.1) is 11.2 Å². The van der Waals surface area contributed by atoms with Crippen LogP contribution < -0.4 is 0 Å². The molecule has 5 heteroatoms. The van der Waals surface area contributed by atoms with Crippen molar-refractivity contribution in [3.63, 3.8) is 0 Å². The number of halogens is 1. The normalized spacial score (nSPS) is 25.8. The Labute approximate surface area is 176 Å². The lowest BCUT2D eigenvalue weighted by molar-refractivity contribution is -0.125. The van der Waals surface area contributed by atoms with Crippen molar-refractivity contribution in [2.45, 2.75) is 37.3 Å². The molecule has 0 radical (unpaired) electrons. The van der Waals surface area contributed by atoms with Crippen LogP contribution in [-0.2, 0) is 4.79 Å². The number of para-hydroxylation sites is 1. The first-order valence-corrected chi connectivity index (χ1v) is 10.5. The van der Waals surface area contributed by atoms with Gasteiger partial charge in [-0.3, -0.25) is 9.69 Å². The third-order valence-electron chi connectivity index (χ3n) is 6.75. The summed E-state index contributed by atoms with van der Waals surface area (Å²) < 4.78 is 13.6. The molecule has 1 spiro atoms. The molecule has 2 atom stereocenters. The second-order valence-electron chi connectivity index (χ2n) is 8.34. The number of Topliss-reactive ketones (excluding diaryl/α,β-unsaturated/α-hetero) is 1. The fourth-order valence-electron chi connectivity index (χ4n) is 5.01. The van der Waals surface area contributed by atoms with E-state index in [2.05, 4.69) is 34.8 Å². The van der Waals surface area contributed by atoms with Crippen LogP contribution in [-0.4, -0.2) is 47.1 Å². The highest BCUT2D eigenvalue weighted by Crippen LogP contribution is 2.41. The van der Waals surface area contributed by atoms with Crippen LogP contribution in [0.15, 0.2) is 53.5 Å². The molecule has 4 nitrogen and oxygen atoms in total. The van der Waals surface area contributed by atoms with Crippen molar-refractivity contribution in [2.75, 3.05) is 20.1 Å². The van der Waals surface area contributed by atoms with Gasteiger partial charge in [-0.25, -0.2) is 9.38 Å². The largest absolute Gasteiger partial charge is 0.342 e.